The molecule has 18 heavy (non-hydrogen) atoms. The van der Waals surface area contributed by atoms with Crippen molar-refractivity contribution in [3.63, 3.8) is 0 Å². The number of benzene rings is 1. The highest BCUT2D eigenvalue weighted by molar-refractivity contribution is 7.89. The molecule has 98 valence electrons. The number of hydrogen-bond acceptors (Lipinski definition) is 3. The Balaban J connectivity index is 3.20. The van der Waals surface area contributed by atoms with Crippen molar-refractivity contribution in [3.8, 4) is 11.8 Å². The van der Waals surface area contributed by atoms with Crippen molar-refractivity contribution in [2.24, 2.45) is 5.73 Å². The van der Waals surface area contributed by atoms with Crippen molar-refractivity contribution in [2.75, 3.05) is 20.1 Å². The van der Waals surface area contributed by atoms with Gasteiger partial charge in [-0.15, -0.1) is 0 Å². The molecule has 0 unspecified atom stereocenters. The van der Waals surface area contributed by atoms with Crippen LogP contribution in [0.3, 0.4) is 0 Å². The molecule has 0 aliphatic rings. The summed E-state index contributed by atoms with van der Waals surface area (Å²) in [6, 6.07) is 4.94. The third-order valence-corrected chi connectivity index (χ3v) is 4.60. The van der Waals surface area contributed by atoms with Gasteiger partial charge in [0, 0.05) is 19.2 Å². The average Bonchev–Trinajstić information content (AvgIpc) is 2.36. The standard InChI is InChI=1S/C13H18N2O2S/c1-4-15(3)18(16,17)13-8-7-12(6-5-9-14)11(2)10-13/h7-8,10H,4,9,14H2,1-3H3. The maximum Gasteiger partial charge on any atom is 0.242 e. The number of rotatable bonds is 3. The van der Waals surface area contributed by atoms with Crippen LogP contribution in [0, 0.1) is 18.8 Å². The highest BCUT2D eigenvalue weighted by Gasteiger charge is 2.19. The van der Waals surface area contributed by atoms with Gasteiger partial charge in [0.05, 0.1) is 11.4 Å². The van der Waals surface area contributed by atoms with Crippen LogP contribution in [0.15, 0.2) is 23.1 Å². The lowest BCUT2D eigenvalue weighted by Gasteiger charge is -2.15. The van der Waals surface area contributed by atoms with E-state index in [0.29, 0.717) is 11.4 Å². The molecule has 1 aromatic rings. The van der Waals surface area contributed by atoms with E-state index in [1.165, 1.54) is 4.31 Å². The lowest BCUT2D eigenvalue weighted by atomic mass is 10.1. The van der Waals surface area contributed by atoms with Crippen molar-refractivity contribution in [1.29, 1.82) is 0 Å². The van der Waals surface area contributed by atoms with E-state index in [0.717, 1.165) is 11.1 Å². The summed E-state index contributed by atoms with van der Waals surface area (Å²) < 4.78 is 25.5. The number of aryl methyl sites for hydroxylation is 1. The zero-order chi connectivity index (χ0) is 13.8. The molecule has 0 atom stereocenters. The minimum Gasteiger partial charge on any atom is -0.320 e. The van der Waals surface area contributed by atoms with Gasteiger partial charge in [0.2, 0.25) is 10.0 Å². The van der Waals surface area contributed by atoms with Crippen molar-refractivity contribution in [3.05, 3.63) is 29.3 Å². The molecule has 0 bridgehead atoms. The second kappa shape index (κ2) is 6.01. The predicted molar refractivity (Wildman–Crippen MR) is 72.6 cm³/mol. The van der Waals surface area contributed by atoms with Crippen LogP contribution in [-0.2, 0) is 10.0 Å². The van der Waals surface area contributed by atoms with Gasteiger partial charge in [0.15, 0.2) is 0 Å². The average molecular weight is 266 g/mol. The zero-order valence-electron chi connectivity index (χ0n) is 10.9. The molecule has 2 N–H and O–H groups in total. The second-order valence-corrected chi connectivity index (χ2v) is 5.95. The minimum atomic E-state index is -3.39. The first-order chi connectivity index (χ1) is 8.43. The molecule has 1 rings (SSSR count). The van der Waals surface area contributed by atoms with Crippen LogP contribution in [0.2, 0.25) is 0 Å². The van der Waals surface area contributed by atoms with Crippen LogP contribution in [0.1, 0.15) is 18.1 Å². The number of sulfonamides is 1. The lowest BCUT2D eigenvalue weighted by molar-refractivity contribution is 0.486. The maximum atomic E-state index is 12.1. The normalized spacial score (nSPS) is 11.2. The Morgan fingerprint density at radius 1 is 1.39 bits per heavy atom. The Bertz CT molecular complexity index is 583. The summed E-state index contributed by atoms with van der Waals surface area (Å²) in [6.07, 6.45) is 0. The highest BCUT2D eigenvalue weighted by Crippen LogP contribution is 2.17. The zero-order valence-corrected chi connectivity index (χ0v) is 11.7. The van der Waals surface area contributed by atoms with Gasteiger partial charge in [-0.25, -0.2) is 12.7 Å². The molecule has 0 aliphatic heterocycles. The number of nitrogens with two attached hydrogens (primary N) is 1. The van der Waals surface area contributed by atoms with E-state index >= 15 is 0 Å². The Hall–Kier alpha value is -1.35. The molecule has 1 aromatic carbocycles. The van der Waals surface area contributed by atoms with Crippen LogP contribution in [0.25, 0.3) is 0 Å². The molecule has 0 aliphatic carbocycles. The monoisotopic (exact) mass is 266 g/mol. The third-order valence-electron chi connectivity index (χ3n) is 2.68. The number of nitrogens with zero attached hydrogens (tertiary/aromatic N) is 1. The van der Waals surface area contributed by atoms with Crippen molar-refractivity contribution < 1.29 is 8.42 Å². The summed E-state index contributed by atoms with van der Waals surface area (Å²) in [6.45, 7) is 4.37. The van der Waals surface area contributed by atoms with Gasteiger partial charge in [-0.3, -0.25) is 0 Å². The fraction of sp³-hybridized carbons (Fsp3) is 0.385. The smallest absolute Gasteiger partial charge is 0.242 e. The minimum absolute atomic E-state index is 0.290. The second-order valence-electron chi connectivity index (χ2n) is 3.90. The van der Waals surface area contributed by atoms with Crippen molar-refractivity contribution >= 4 is 10.0 Å². The Morgan fingerprint density at radius 2 is 2.06 bits per heavy atom. The quantitative estimate of drug-likeness (QED) is 0.828. The van der Waals surface area contributed by atoms with Crippen LogP contribution >= 0.6 is 0 Å². The van der Waals surface area contributed by atoms with Crippen LogP contribution < -0.4 is 5.73 Å². The first kappa shape index (κ1) is 14.7. The SMILES string of the molecule is CCN(C)S(=O)(=O)c1ccc(C#CCN)c(C)c1. The van der Waals surface area contributed by atoms with Gasteiger partial charge in [0.25, 0.3) is 0 Å². The molecule has 0 saturated carbocycles. The number of hydrogen-bond donors (Lipinski definition) is 1. The molecule has 0 radical (unpaired) electrons. The summed E-state index contributed by atoms with van der Waals surface area (Å²) in [5.41, 5.74) is 6.95. The van der Waals surface area contributed by atoms with Crippen molar-refractivity contribution in [1.82, 2.24) is 4.31 Å². The van der Waals surface area contributed by atoms with E-state index in [9.17, 15) is 8.42 Å². The summed E-state index contributed by atoms with van der Waals surface area (Å²) >= 11 is 0. The summed E-state index contributed by atoms with van der Waals surface area (Å²) in [4.78, 5) is 0.294. The molecule has 5 heteroatoms. The van der Waals surface area contributed by atoms with Gasteiger partial charge >= 0.3 is 0 Å². The summed E-state index contributed by atoms with van der Waals surface area (Å²) in [5.74, 6) is 5.67. The van der Waals surface area contributed by atoms with Gasteiger partial charge in [0.1, 0.15) is 0 Å². The molecular formula is C13H18N2O2S. The molecule has 0 aromatic heterocycles. The molecule has 0 heterocycles. The van der Waals surface area contributed by atoms with Crippen molar-refractivity contribution in [2.45, 2.75) is 18.7 Å². The molecule has 4 nitrogen and oxygen atoms in total. The van der Waals surface area contributed by atoms with Gasteiger partial charge in [-0.05, 0) is 30.7 Å². The fourth-order valence-corrected chi connectivity index (χ4v) is 2.70. The van der Waals surface area contributed by atoms with E-state index in [1.807, 2.05) is 6.92 Å². The van der Waals surface area contributed by atoms with Crippen LogP contribution in [0.4, 0.5) is 0 Å². The topological polar surface area (TPSA) is 63.4 Å². The highest BCUT2D eigenvalue weighted by atomic mass is 32.2. The third kappa shape index (κ3) is 3.10. The molecule has 0 amide bonds. The Morgan fingerprint density at radius 3 is 2.56 bits per heavy atom. The summed E-state index contributed by atoms with van der Waals surface area (Å²) in [5, 5.41) is 0. The van der Waals surface area contributed by atoms with Gasteiger partial charge < -0.3 is 5.73 Å². The fourth-order valence-electron chi connectivity index (χ4n) is 1.43. The lowest BCUT2D eigenvalue weighted by Crippen LogP contribution is -2.26. The molecule has 0 fully saturated rings. The largest absolute Gasteiger partial charge is 0.320 e. The molecule has 0 spiro atoms. The molecular weight excluding hydrogens is 248 g/mol. The Labute approximate surface area is 109 Å². The first-order valence-electron chi connectivity index (χ1n) is 5.69. The van der Waals surface area contributed by atoms with E-state index in [2.05, 4.69) is 11.8 Å². The first-order valence-corrected chi connectivity index (χ1v) is 7.13. The van der Waals surface area contributed by atoms with E-state index in [-0.39, 0.29) is 6.54 Å². The van der Waals surface area contributed by atoms with Crippen LogP contribution in [-0.4, -0.2) is 32.9 Å². The van der Waals surface area contributed by atoms with Gasteiger partial charge in [-0.1, -0.05) is 18.8 Å². The predicted octanol–water partition coefficient (Wildman–Crippen LogP) is 0.946. The van der Waals surface area contributed by atoms with Crippen LogP contribution in [0.5, 0.6) is 0 Å². The Kier molecular flexibility index (Phi) is 4.91. The maximum absolute atomic E-state index is 12.1. The van der Waals surface area contributed by atoms with Gasteiger partial charge in [-0.2, -0.15) is 0 Å². The van der Waals surface area contributed by atoms with E-state index in [4.69, 9.17) is 5.73 Å². The van der Waals surface area contributed by atoms with E-state index < -0.39 is 10.0 Å². The molecule has 0 saturated heterocycles. The van der Waals surface area contributed by atoms with E-state index in [1.54, 1.807) is 32.2 Å². The summed E-state index contributed by atoms with van der Waals surface area (Å²) in [7, 11) is -1.83.